The van der Waals surface area contributed by atoms with E-state index in [9.17, 15) is 15.3 Å². The van der Waals surface area contributed by atoms with Gasteiger partial charge in [-0.25, -0.2) is 4.98 Å². The second-order valence-electron chi connectivity index (χ2n) is 7.64. The van der Waals surface area contributed by atoms with Crippen LogP contribution >= 0.6 is 0 Å². The number of phenolic OH excluding ortho intramolecular Hbond substituents is 2. The molecule has 9 heteroatoms. The number of hydrogen-bond donors (Lipinski definition) is 4. The number of imidazole rings is 1. The Morgan fingerprint density at radius 3 is 2.76 bits per heavy atom. The molecule has 1 atom stereocenters. The van der Waals surface area contributed by atoms with Crippen LogP contribution in [0.4, 0.5) is 11.8 Å². The number of aliphatic hydroxyl groups is 1. The van der Waals surface area contributed by atoms with Crippen LogP contribution in [0, 0.1) is 0 Å². The number of nitrogens with one attached hydrogen (secondary N) is 1. The van der Waals surface area contributed by atoms with Crippen molar-refractivity contribution in [2.24, 2.45) is 0 Å². The van der Waals surface area contributed by atoms with Crippen molar-refractivity contribution in [3.8, 4) is 11.5 Å². The molecule has 1 aliphatic rings. The molecule has 9 nitrogen and oxygen atoms in total. The molecule has 0 spiro atoms. The van der Waals surface area contributed by atoms with Gasteiger partial charge in [-0.3, -0.25) is 0 Å². The molecular weight excluding hydrogens is 372 g/mol. The van der Waals surface area contributed by atoms with Gasteiger partial charge in [-0.15, -0.1) is 0 Å². The first-order chi connectivity index (χ1) is 14.0. The topological polar surface area (TPSA) is 120 Å². The summed E-state index contributed by atoms with van der Waals surface area (Å²) in [7, 11) is 0. The van der Waals surface area contributed by atoms with Gasteiger partial charge in [0.2, 0.25) is 5.95 Å². The van der Waals surface area contributed by atoms with E-state index in [1.165, 1.54) is 12.1 Å². The number of aromatic nitrogens is 4. The lowest BCUT2D eigenvalue weighted by atomic mass is 10.2. The van der Waals surface area contributed by atoms with Crippen LogP contribution in [0.3, 0.4) is 0 Å². The summed E-state index contributed by atoms with van der Waals surface area (Å²) in [6.07, 6.45) is 3.67. The summed E-state index contributed by atoms with van der Waals surface area (Å²) in [5, 5.41) is 32.2. The number of phenols is 2. The van der Waals surface area contributed by atoms with E-state index in [0.717, 1.165) is 30.6 Å². The fourth-order valence-corrected chi connectivity index (χ4v) is 3.69. The van der Waals surface area contributed by atoms with Crippen molar-refractivity contribution in [3.05, 3.63) is 30.1 Å². The van der Waals surface area contributed by atoms with Crippen molar-refractivity contribution < 1.29 is 15.3 Å². The Hall–Kier alpha value is -3.07. The Balaban J connectivity index is 1.72. The van der Waals surface area contributed by atoms with Gasteiger partial charge in [-0.05, 0) is 44.4 Å². The van der Waals surface area contributed by atoms with Crippen LogP contribution < -0.4 is 10.2 Å². The summed E-state index contributed by atoms with van der Waals surface area (Å²) in [5.41, 5.74) is 2.21. The maximum atomic E-state index is 9.73. The second kappa shape index (κ2) is 7.75. The highest BCUT2D eigenvalue weighted by atomic mass is 16.3. The number of fused-ring (bicyclic) bond motifs is 1. The molecule has 29 heavy (non-hydrogen) atoms. The van der Waals surface area contributed by atoms with Crippen LogP contribution in [0.25, 0.3) is 11.2 Å². The van der Waals surface area contributed by atoms with Gasteiger partial charge in [0.25, 0.3) is 0 Å². The van der Waals surface area contributed by atoms with Crippen molar-refractivity contribution in [1.29, 1.82) is 0 Å². The first-order valence-electron chi connectivity index (χ1n) is 9.84. The minimum absolute atomic E-state index is 0.0183. The normalized spacial score (nSPS) is 16.8. The Morgan fingerprint density at radius 1 is 1.21 bits per heavy atom. The molecule has 3 heterocycles. The van der Waals surface area contributed by atoms with E-state index in [1.54, 1.807) is 12.4 Å². The molecule has 1 fully saturated rings. The van der Waals surface area contributed by atoms with Gasteiger partial charge in [0.15, 0.2) is 28.5 Å². The van der Waals surface area contributed by atoms with Gasteiger partial charge in [-0.1, -0.05) is 6.07 Å². The van der Waals surface area contributed by atoms with Crippen LogP contribution in [0.15, 0.2) is 24.5 Å². The van der Waals surface area contributed by atoms with E-state index >= 15 is 0 Å². The third kappa shape index (κ3) is 3.65. The van der Waals surface area contributed by atoms with Gasteiger partial charge < -0.3 is 30.1 Å². The van der Waals surface area contributed by atoms with Crippen LogP contribution in [-0.2, 0) is 6.54 Å². The highest BCUT2D eigenvalue weighted by Gasteiger charge is 2.27. The Labute approximate surface area is 168 Å². The molecule has 0 unspecified atom stereocenters. The first-order valence-corrected chi connectivity index (χ1v) is 9.84. The van der Waals surface area contributed by atoms with Gasteiger partial charge in [-0.2, -0.15) is 9.97 Å². The van der Waals surface area contributed by atoms with Crippen molar-refractivity contribution >= 4 is 22.9 Å². The lowest BCUT2D eigenvalue weighted by molar-refractivity contribution is 0.265. The van der Waals surface area contributed by atoms with Crippen molar-refractivity contribution in [1.82, 2.24) is 19.5 Å². The number of nitrogens with zero attached hydrogens (tertiary/aromatic N) is 5. The Bertz CT molecular complexity index is 1020. The molecule has 0 amide bonds. The van der Waals surface area contributed by atoms with Crippen molar-refractivity contribution in [2.75, 3.05) is 23.4 Å². The highest BCUT2D eigenvalue weighted by Crippen LogP contribution is 2.29. The average molecular weight is 398 g/mol. The number of aromatic hydroxyl groups is 2. The first kappa shape index (κ1) is 19.3. The van der Waals surface area contributed by atoms with E-state index in [2.05, 4.69) is 29.0 Å². The number of hydrogen-bond acceptors (Lipinski definition) is 8. The third-order valence-corrected chi connectivity index (χ3v) is 5.31. The van der Waals surface area contributed by atoms with E-state index in [-0.39, 0.29) is 30.2 Å². The monoisotopic (exact) mass is 398 g/mol. The number of benzene rings is 1. The predicted molar refractivity (Wildman–Crippen MR) is 110 cm³/mol. The molecule has 1 aromatic carbocycles. The standard InChI is InChI=1S/C20H26N6O3/c1-12(2)26-11-22-17-18(21-9-13-5-6-15(28)16(29)8-13)23-20(24-19(17)26)25-7-3-4-14(25)10-27/h5-6,8,11-12,14,27-29H,3-4,7,9-10H2,1-2H3,(H,21,23,24)/t14-/m1/s1. The zero-order valence-electron chi connectivity index (χ0n) is 16.6. The number of rotatable bonds is 6. The molecule has 1 saturated heterocycles. The smallest absolute Gasteiger partial charge is 0.229 e. The maximum absolute atomic E-state index is 9.73. The van der Waals surface area contributed by atoms with Gasteiger partial charge in [0.05, 0.1) is 19.0 Å². The minimum atomic E-state index is -0.162. The number of anilines is 2. The highest BCUT2D eigenvalue weighted by molar-refractivity contribution is 5.84. The maximum Gasteiger partial charge on any atom is 0.229 e. The Morgan fingerprint density at radius 2 is 2.03 bits per heavy atom. The summed E-state index contributed by atoms with van der Waals surface area (Å²) >= 11 is 0. The van der Waals surface area contributed by atoms with E-state index in [1.807, 2.05) is 4.57 Å². The molecule has 4 rings (SSSR count). The summed E-state index contributed by atoms with van der Waals surface area (Å²) in [6, 6.07) is 4.91. The number of aliphatic hydroxyl groups excluding tert-OH is 1. The average Bonchev–Trinajstić information content (AvgIpc) is 3.35. The van der Waals surface area contributed by atoms with Crippen LogP contribution in [0.1, 0.15) is 38.3 Å². The van der Waals surface area contributed by atoms with Crippen LogP contribution in [0.5, 0.6) is 11.5 Å². The molecule has 2 aromatic heterocycles. The molecular formula is C20H26N6O3. The van der Waals surface area contributed by atoms with Crippen molar-refractivity contribution in [3.63, 3.8) is 0 Å². The molecule has 0 bridgehead atoms. The SMILES string of the molecule is CC(C)n1cnc2c(NCc3ccc(O)c(O)c3)nc(N3CCC[C@@H]3CO)nc21. The zero-order valence-corrected chi connectivity index (χ0v) is 16.6. The van der Waals surface area contributed by atoms with E-state index in [4.69, 9.17) is 9.97 Å². The second-order valence-corrected chi connectivity index (χ2v) is 7.64. The predicted octanol–water partition coefficient (Wildman–Crippen LogP) is 2.39. The largest absolute Gasteiger partial charge is 0.504 e. The van der Waals surface area contributed by atoms with Gasteiger partial charge in [0, 0.05) is 19.1 Å². The molecule has 1 aliphatic heterocycles. The molecule has 3 aromatic rings. The summed E-state index contributed by atoms with van der Waals surface area (Å²) in [6.45, 7) is 5.42. The fraction of sp³-hybridized carbons (Fsp3) is 0.450. The quantitative estimate of drug-likeness (QED) is 0.467. The molecule has 4 N–H and O–H groups in total. The molecule has 154 valence electrons. The van der Waals surface area contributed by atoms with Crippen molar-refractivity contribution in [2.45, 2.75) is 45.3 Å². The molecule has 0 saturated carbocycles. The minimum Gasteiger partial charge on any atom is -0.504 e. The van der Waals surface area contributed by atoms with Gasteiger partial charge >= 0.3 is 0 Å². The zero-order chi connectivity index (χ0) is 20.5. The summed E-state index contributed by atoms with van der Waals surface area (Å²) in [5.74, 6) is 0.859. The molecule has 0 radical (unpaired) electrons. The summed E-state index contributed by atoms with van der Waals surface area (Å²) in [4.78, 5) is 16.0. The summed E-state index contributed by atoms with van der Waals surface area (Å²) < 4.78 is 2.00. The van der Waals surface area contributed by atoms with Gasteiger partial charge in [0.1, 0.15) is 0 Å². The van der Waals surface area contributed by atoms with Crippen LogP contribution in [0.2, 0.25) is 0 Å². The molecule has 0 aliphatic carbocycles. The lowest BCUT2D eigenvalue weighted by Gasteiger charge is -2.23. The Kier molecular flexibility index (Phi) is 5.14. The third-order valence-electron chi connectivity index (χ3n) is 5.31. The van der Waals surface area contributed by atoms with E-state index < -0.39 is 0 Å². The van der Waals surface area contributed by atoms with E-state index in [0.29, 0.717) is 23.8 Å². The fourth-order valence-electron chi connectivity index (χ4n) is 3.69. The lowest BCUT2D eigenvalue weighted by Crippen LogP contribution is -2.33. The van der Waals surface area contributed by atoms with Crippen LogP contribution in [-0.4, -0.2) is 54.0 Å².